The summed E-state index contributed by atoms with van der Waals surface area (Å²) < 4.78 is 0. The van der Waals surface area contributed by atoms with Gasteiger partial charge in [0.05, 0.1) is 27.9 Å². The van der Waals surface area contributed by atoms with Gasteiger partial charge in [-0.1, -0.05) is 57.2 Å². The number of aromatic amines is 1. The molecule has 0 spiro atoms. The Bertz CT molecular complexity index is 2680. The van der Waals surface area contributed by atoms with Gasteiger partial charge in [-0.25, -0.2) is 15.0 Å². The van der Waals surface area contributed by atoms with Gasteiger partial charge in [-0.15, -0.1) is 21.5 Å². The van der Waals surface area contributed by atoms with Gasteiger partial charge >= 0.3 is 0 Å². The van der Waals surface area contributed by atoms with Crippen LogP contribution in [0.2, 0.25) is 0 Å². The Morgan fingerprint density at radius 2 is 1.62 bits per heavy atom. The summed E-state index contributed by atoms with van der Waals surface area (Å²) in [4.78, 5) is 63.9. The number of benzene rings is 2. The predicted octanol–water partition coefficient (Wildman–Crippen LogP) is 7.02. The lowest BCUT2D eigenvalue weighted by atomic mass is 9.78. The highest BCUT2D eigenvalue weighted by molar-refractivity contribution is 7.13. The average Bonchev–Trinajstić information content (AvgIpc) is 4.07. The number of likely N-dealkylation sites (tertiary alicyclic amines) is 1. The number of phenolic OH excluding ortho intramolecular Hbond substituents is 1. The fourth-order valence-electron chi connectivity index (χ4n) is 9.82. The van der Waals surface area contributed by atoms with Crippen molar-refractivity contribution in [3.63, 3.8) is 0 Å². The van der Waals surface area contributed by atoms with E-state index in [4.69, 9.17) is 9.97 Å². The summed E-state index contributed by atoms with van der Waals surface area (Å²) in [5.74, 6) is 0.359. The number of rotatable bonds is 11. The number of aromatic hydroxyl groups is 1. The van der Waals surface area contributed by atoms with Crippen molar-refractivity contribution in [2.24, 2.45) is 11.3 Å². The van der Waals surface area contributed by atoms with E-state index in [1.807, 2.05) is 88.1 Å². The van der Waals surface area contributed by atoms with Crippen molar-refractivity contribution in [3.05, 3.63) is 101 Å². The van der Waals surface area contributed by atoms with E-state index in [1.54, 1.807) is 23.5 Å². The number of hydrogen-bond acceptors (Lipinski definition) is 12. The van der Waals surface area contributed by atoms with Crippen molar-refractivity contribution in [2.75, 3.05) is 24.5 Å². The van der Waals surface area contributed by atoms with Crippen molar-refractivity contribution >= 4 is 46.0 Å². The first-order valence-electron chi connectivity index (χ1n) is 23.1. The van der Waals surface area contributed by atoms with E-state index in [2.05, 4.69) is 41.8 Å². The summed E-state index contributed by atoms with van der Waals surface area (Å²) >= 11 is 1.59. The number of aliphatic hydroxyl groups is 1. The Morgan fingerprint density at radius 3 is 2.30 bits per heavy atom. The van der Waals surface area contributed by atoms with E-state index >= 15 is 0 Å². The number of hydrogen-bond donors (Lipinski definition) is 5. The molecule has 16 heteroatoms. The number of anilines is 1. The number of phenols is 1. The molecule has 3 fully saturated rings. The van der Waals surface area contributed by atoms with Gasteiger partial charge in [0.2, 0.25) is 23.7 Å². The van der Waals surface area contributed by atoms with Crippen LogP contribution in [0.15, 0.2) is 78.6 Å². The summed E-state index contributed by atoms with van der Waals surface area (Å²) in [5.41, 5.74) is 8.36. The summed E-state index contributed by atoms with van der Waals surface area (Å²) in [6.07, 6.45) is 7.98. The first kappa shape index (κ1) is 44.9. The average molecular weight is 911 g/mol. The first-order chi connectivity index (χ1) is 31.8. The van der Waals surface area contributed by atoms with E-state index in [1.165, 1.54) is 4.90 Å². The van der Waals surface area contributed by atoms with Crippen LogP contribution in [0.1, 0.15) is 100 Å². The maximum absolute atomic E-state index is 14.3. The molecule has 3 amide bonds. The lowest BCUT2D eigenvalue weighted by molar-refractivity contribution is -0.144. The molecule has 1 aliphatic carbocycles. The summed E-state index contributed by atoms with van der Waals surface area (Å²) in [6, 6.07) is 17.5. The molecule has 6 heterocycles. The highest BCUT2D eigenvalue weighted by Gasteiger charge is 2.45. The van der Waals surface area contributed by atoms with Gasteiger partial charge in [0.25, 0.3) is 0 Å². The molecule has 0 radical (unpaired) electrons. The Hall–Kier alpha value is -6.26. The lowest BCUT2D eigenvalue weighted by Gasteiger charge is -2.37. The molecule has 344 valence electrons. The van der Waals surface area contributed by atoms with E-state index in [-0.39, 0.29) is 54.8 Å². The number of fused-ring (bicyclic) bond motifs is 1. The smallest absolute Gasteiger partial charge is 0.246 e. The topological polar surface area (TPSA) is 202 Å². The third kappa shape index (κ3) is 9.66. The zero-order valence-corrected chi connectivity index (χ0v) is 38.7. The molecule has 4 aromatic heterocycles. The molecule has 0 unspecified atom stereocenters. The molecule has 3 atom stereocenters. The normalized spacial score (nSPS) is 20.9. The van der Waals surface area contributed by atoms with Crippen LogP contribution in [0.4, 0.5) is 5.95 Å². The summed E-state index contributed by atoms with van der Waals surface area (Å²) in [7, 11) is 0. The molecule has 0 bridgehead atoms. The van der Waals surface area contributed by atoms with Crippen LogP contribution in [-0.2, 0) is 20.9 Å². The third-order valence-electron chi connectivity index (χ3n) is 13.7. The molecule has 2 saturated heterocycles. The molecule has 2 aliphatic heterocycles. The number of thiazole rings is 1. The second-order valence-corrected chi connectivity index (χ2v) is 20.1. The van der Waals surface area contributed by atoms with Crippen LogP contribution in [0, 0.1) is 18.3 Å². The molecular formula is C50H58N10O5S. The standard InChI is InChI=1S/C50H58N10O5S/c1-29-43(66-28-54-29)33-11-9-30(10-12-33)24-51-47(64)41-23-37(61)27-60(41)48(65)44(50(2,3)4)56-46(63)34-15-13-31(14-16-34)36-25-52-49(53-26-36)59-19-17-32(18-20-59)39-21-35-22-40(57-58-45(35)55-39)38-7-5-6-8-42(38)62/h5-12,21-22,25-26,28,31-32,34,37,41,44,61-62H,13-20,23-24,27H2,1-4H3,(H,51,64)(H,55,58)(H,56,63)/t31-,34+,37-,41+,44-/m1/s1. The third-order valence-corrected chi connectivity index (χ3v) is 14.7. The van der Waals surface area contributed by atoms with Gasteiger partial charge in [-0.3, -0.25) is 14.4 Å². The minimum atomic E-state index is -0.877. The van der Waals surface area contributed by atoms with E-state index in [9.17, 15) is 24.6 Å². The van der Waals surface area contributed by atoms with Crippen molar-refractivity contribution < 1.29 is 24.6 Å². The number of aliphatic hydroxyl groups excluding tert-OH is 1. The fraction of sp³-hybridized carbons (Fsp3) is 0.440. The van der Waals surface area contributed by atoms with E-state index in [0.717, 1.165) is 88.7 Å². The van der Waals surface area contributed by atoms with E-state index in [0.29, 0.717) is 30.0 Å². The molecule has 15 nitrogen and oxygen atoms in total. The number of amides is 3. The zero-order chi connectivity index (χ0) is 46.1. The SMILES string of the molecule is Cc1ncsc1-c1ccc(CNC(=O)[C@@H]2C[C@@H](O)CN2C(=O)[C@@H](NC(=O)[C@H]2CC[C@@H](c3cnc(N4CCC(c5cc6cc(-c7ccccc7O)nnc6[nH]5)CC4)nc3)CC2)C(C)(C)C)cc1. The molecular weight excluding hydrogens is 853 g/mol. The van der Waals surface area contributed by atoms with Gasteiger partial charge in [0.15, 0.2) is 5.65 Å². The minimum absolute atomic E-state index is 0.0257. The molecule has 66 heavy (non-hydrogen) atoms. The van der Waals surface area contributed by atoms with Gasteiger partial charge in [-0.2, -0.15) is 0 Å². The maximum atomic E-state index is 14.3. The predicted molar refractivity (Wildman–Crippen MR) is 254 cm³/mol. The number of para-hydroxylation sites is 1. The van der Waals surface area contributed by atoms with Gasteiger partial charge in [-0.05, 0) is 97.7 Å². The van der Waals surface area contributed by atoms with Crippen molar-refractivity contribution in [2.45, 2.75) is 109 Å². The fourth-order valence-corrected chi connectivity index (χ4v) is 10.6. The number of aromatic nitrogens is 6. The second-order valence-electron chi connectivity index (χ2n) is 19.3. The molecule has 9 rings (SSSR count). The van der Waals surface area contributed by atoms with Crippen LogP contribution in [0.25, 0.3) is 32.7 Å². The Labute approximate surface area is 388 Å². The molecule has 5 N–H and O–H groups in total. The van der Waals surface area contributed by atoms with Gasteiger partial charge in [0.1, 0.15) is 17.8 Å². The molecule has 6 aromatic rings. The monoisotopic (exact) mass is 910 g/mol. The highest BCUT2D eigenvalue weighted by atomic mass is 32.1. The summed E-state index contributed by atoms with van der Waals surface area (Å²) in [6.45, 7) is 9.66. The first-order valence-corrected chi connectivity index (χ1v) is 23.9. The number of nitrogens with one attached hydrogen (secondary N) is 3. The van der Waals surface area contributed by atoms with Crippen LogP contribution >= 0.6 is 11.3 Å². The van der Waals surface area contributed by atoms with Crippen molar-refractivity contribution in [1.29, 1.82) is 0 Å². The zero-order valence-electron chi connectivity index (χ0n) is 37.9. The molecule has 3 aliphatic rings. The maximum Gasteiger partial charge on any atom is 0.246 e. The second kappa shape index (κ2) is 18.9. The van der Waals surface area contributed by atoms with Gasteiger partial charge < -0.3 is 35.6 Å². The van der Waals surface area contributed by atoms with E-state index < -0.39 is 23.6 Å². The highest BCUT2D eigenvalue weighted by Crippen LogP contribution is 2.38. The largest absolute Gasteiger partial charge is 0.507 e. The number of nitrogens with zero attached hydrogens (tertiary/aromatic N) is 7. The minimum Gasteiger partial charge on any atom is -0.507 e. The van der Waals surface area contributed by atoms with Crippen LogP contribution in [-0.4, -0.2) is 101 Å². The Morgan fingerprint density at radius 1 is 0.894 bits per heavy atom. The Balaban J connectivity index is 0.753. The van der Waals surface area contributed by atoms with Crippen molar-refractivity contribution in [3.8, 4) is 27.4 Å². The number of carbonyl (C=O) groups excluding carboxylic acids is 3. The Kier molecular flexibility index (Phi) is 12.9. The number of H-pyrrole nitrogens is 1. The number of aryl methyl sites for hydroxylation is 1. The van der Waals surface area contributed by atoms with Crippen LogP contribution < -0.4 is 15.5 Å². The number of carbonyl (C=O) groups is 3. The number of piperidine rings is 1. The van der Waals surface area contributed by atoms with Crippen LogP contribution in [0.5, 0.6) is 5.75 Å². The number of β-amino-alcohol motifs (C(OH)–C–C–N with tert-alkyl or cyclic N) is 1. The van der Waals surface area contributed by atoms with Gasteiger partial charge in [0, 0.05) is 73.5 Å². The molecule has 2 aromatic carbocycles. The summed E-state index contributed by atoms with van der Waals surface area (Å²) in [5, 5.41) is 36.8. The van der Waals surface area contributed by atoms with Crippen LogP contribution in [0.3, 0.4) is 0 Å². The van der Waals surface area contributed by atoms with Crippen molar-refractivity contribution in [1.82, 2.24) is 45.7 Å². The quantitative estimate of drug-likeness (QED) is 0.0895. The lowest BCUT2D eigenvalue weighted by Crippen LogP contribution is -2.58. The molecule has 1 saturated carbocycles.